The summed E-state index contributed by atoms with van der Waals surface area (Å²) in [6, 6.07) is 12.8. The molecule has 0 saturated heterocycles. The molecule has 0 radical (unpaired) electrons. The summed E-state index contributed by atoms with van der Waals surface area (Å²) in [5, 5.41) is 25.6. The maximum Gasteiger partial charge on any atom is 0.404 e. The van der Waals surface area contributed by atoms with Gasteiger partial charge in [0, 0.05) is 30.0 Å². The molecule has 3 amide bonds. The molecule has 0 spiro atoms. The molecule has 0 aliphatic carbocycles. The van der Waals surface area contributed by atoms with E-state index in [1.807, 2.05) is 18.2 Å². The Hall–Kier alpha value is -4.08. The summed E-state index contributed by atoms with van der Waals surface area (Å²) in [5.74, 6) is -0.713. The van der Waals surface area contributed by atoms with E-state index >= 15 is 0 Å². The Bertz CT molecular complexity index is 1110. The Morgan fingerprint density at radius 3 is 2.34 bits per heavy atom. The lowest BCUT2D eigenvalue weighted by molar-refractivity contribution is 0.0943. The van der Waals surface area contributed by atoms with Crippen molar-refractivity contribution in [3.05, 3.63) is 60.0 Å². The van der Waals surface area contributed by atoms with E-state index in [0.29, 0.717) is 18.5 Å². The number of nitrogens with one attached hydrogen (secondary N) is 4. The predicted molar refractivity (Wildman–Crippen MR) is 116 cm³/mol. The number of benzene rings is 2. The maximum atomic E-state index is 13.2. The molecule has 1 heterocycles. The molecular weight excluding hydrogens is 419 g/mol. The van der Waals surface area contributed by atoms with Crippen molar-refractivity contribution < 1.29 is 29.0 Å². The monoisotopic (exact) mass is 442 g/mol. The van der Waals surface area contributed by atoms with Gasteiger partial charge in [-0.05, 0) is 54.3 Å². The zero-order chi connectivity index (χ0) is 23.1. The Kier molecular flexibility index (Phi) is 7.27. The topological polar surface area (TPSA) is 144 Å². The highest BCUT2D eigenvalue weighted by Crippen LogP contribution is 2.25. The molecule has 2 aromatic carbocycles. The van der Waals surface area contributed by atoms with Crippen molar-refractivity contribution in [1.29, 1.82) is 0 Å². The Labute approximate surface area is 182 Å². The molecule has 0 aliphatic heterocycles. The lowest BCUT2D eigenvalue weighted by atomic mass is 10.0. The van der Waals surface area contributed by atoms with E-state index in [0.717, 1.165) is 22.0 Å². The van der Waals surface area contributed by atoms with Gasteiger partial charge in [0.15, 0.2) is 0 Å². The highest BCUT2D eigenvalue weighted by atomic mass is 19.1. The summed E-state index contributed by atoms with van der Waals surface area (Å²) in [7, 11) is 0. The first kappa shape index (κ1) is 22.6. The van der Waals surface area contributed by atoms with Crippen molar-refractivity contribution >= 4 is 29.0 Å². The quantitative estimate of drug-likeness (QED) is 0.282. The first-order valence-electron chi connectivity index (χ1n) is 9.95. The van der Waals surface area contributed by atoms with E-state index < -0.39 is 24.1 Å². The average molecular weight is 442 g/mol. The Morgan fingerprint density at radius 1 is 0.938 bits per heavy atom. The Morgan fingerprint density at radius 2 is 1.66 bits per heavy atom. The maximum absolute atomic E-state index is 13.2. The second-order valence-electron chi connectivity index (χ2n) is 7.22. The fraction of sp³-hybridized carbons (Fsp3) is 0.227. The second-order valence-corrected chi connectivity index (χ2v) is 7.22. The number of halogens is 1. The van der Waals surface area contributed by atoms with E-state index in [-0.39, 0.29) is 18.9 Å². The minimum absolute atomic E-state index is 0.0500. The molecule has 6 N–H and O–H groups in total. The van der Waals surface area contributed by atoms with Crippen molar-refractivity contribution in [3.63, 3.8) is 0 Å². The van der Waals surface area contributed by atoms with E-state index in [9.17, 15) is 18.8 Å². The molecule has 0 saturated carbocycles. The number of carboxylic acid groups (broad SMARTS) is 2. The number of aromatic amines is 1. The van der Waals surface area contributed by atoms with Crippen LogP contribution in [0, 0.1) is 5.82 Å². The van der Waals surface area contributed by atoms with Crippen LogP contribution >= 0.6 is 0 Å². The molecule has 10 heteroatoms. The van der Waals surface area contributed by atoms with Gasteiger partial charge in [0.2, 0.25) is 0 Å². The largest absolute Gasteiger partial charge is 0.465 e. The van der Waals surface area contributed by atoms with Crippen LogP contribution < -0.4 is 16.0 Å². The fourth-order valence-corrected chi connectivity index (χ4v) is 3.33. The smallest absolute Gasteiger partial charge is 0.404 e. The molecule has 9 nitrogen and oxygen atoms in total. The van der Waals surface area contributed by atoms with E-state index in [4.69, 9.17) is 10.2 Å². The summed E-state index contributed by atoms with van der Waals surface area (Å²) in [6.07, 6.45) is -1.62. The third kappa shape index (κ3) is 6.21. The molecule has 0 fully saturated rings. The van der Waals surface area contributed by atoms with Crippen LogP contribution in [0.1, 0.15) is 23.3 Å². The fourth-order valence-electron chi connectivity index (χ4n) is 3.33. The molecule has 32 heavy (non-hydrogen) atoms. The molecule has 0 bridgehead atoms. The summed E-state index contributed by atoms with van der Waals surface area (Å²) >= 11 is 0. The van der Waals surface area contributed by atoms with Crippen LogP contribution in [0.25, 0.3) is 22.0 Å². The predicted octanol–water partition coefficient (Wildman–Crippen LogP) is 3.39. The standard InChI is InChI=1S/C22H23FN4O5/c23-16-6-3-13(4-7-16)14-5-8-18-15(10-14)11-19(27-18)20(28)25-12-17(26-22(31)32)2-1-9-24-21(29)30/h3-8,10-11,17,24,26-27H,1-2,9,12H2,(H,25,28)(H,29,30)(H,31,32)/t17-/m0/s1. The third-order valence-electron chi connectivity index (χ3n) is 4.89. The van der Waals surface area contributed by atoms with Crippen molar-refractivity contribution in [2.24, 2.45) is 0 Å². The van der Waals surface area contributed by atoms with Crippen molar-refractivity contribution in [3.8, 4) is 11.1 Å². The number of rotatable bonds is 9. The highest BCUT2D eigenvalue weighted by Gasteiger charge is 2.15. The van der Waals surface area contributed by atoms with Crippen molar-refractivity contribution in [2.75, 3.05) is 13.1 Å². The van der Waals surface area contributed by atoms with E-state index in [2.05, 4.69) is 20.9 Å². The van der Waals surface area contributed by atoms with Gasteiger partial charge >= 0.3 is 12.2 Å². The number of carbonyl (C=O) groups is 3. The third-order valence-corrected chi connectivity index (χ3v) is 4.89. The first-order chi connectivity index (χ1) is 15.3. The van der Waals surface area contributed by atoms with Crippen molar-refractivity contribution in [2.45, 2.75) is 18.9 Å². The zero-order valence-electron chi connectivity index (χ0n) is 17.0. The minimum Gasteiger partial charge on any atom is -0.465 e. The highest BCUT2D eigenvalue weighted by molar-refractivity contribution is 5.99. The van der Waals surface area contributed by atoms with Crippen LogP contribution in [0.3, 0.4) is 0 Å². The van der Waals surface area contributed by atoms with Gasteiger partial charge in [0.05, 0.1) is 0 Å². The van der Waals surface area contributed by atoms with Crippen LogP contribution in [0.15, 0.2) is 48.5 Å². The van der Waals surface area contributed by atoms with Crippen LogP contribution in [-0.4, -0.2) is 52.4 Å². The van der Waals surface area contributed by atoms with Crippen LogP contribution in [0.4, 0.5) is 14.0 Å². The zero-order valence-corrected chi connectivity index (χ0v) is 17.0. The molecule has 0 unspecified atom stereocenters. The molecule has 1 atom stereocenters. The summed E-state index contributed by atoms with van der Waals surface area (Å²) in [5.41, 5.74) is 2.79. The SMILES string of the molecule is O=C(O)NCCC[C@@H](CNC(=O)c1cc2cc(-c3ccc(F)cc3)ccc2[nH]1)NC(=O)O. The normalized spacial score (nSPS) is 11.7. The molecule has 168 valence electrons. The van der Waals surface area contributed by atoms with Gasteiger partial charge in [-0.3, -0.25) is 4.79 Å². The number of hydrogen-bond acceptors (Lipinski definition) is 3. The lowest BCUT2D eigenvalue weighted by Gasteiger charge is -2.17. The molecule has 3 aromatic rings. The lowest BCUT2D eigenvalue weighted by Crippen LogP contribution is -2.43. The van der Waals surface area contributed by atoms with Crippen LogP contribution in [0.2, 0.25) is 0 Å². The molecule has 1 aromatic heterocycles. The summed E-state index contributed by atoms with van der Waals surface area (Å²) < 4.78 is 13.2. The first-order valence-corrected chi connectivity index (χ1v) is 9.95. The van der Waals surface area contributed by atoms with E-state index in [1.165, 1.54) is 12.1 Å². The van der Waals surface area contributed by atoms with Gasteiger partial charge in [-0.2, -0.15) is 0 Å². The minimum atomic E-state index is -1.23. The van der Waals surface area contributed by atoms with Crippen LogP contribution in [0.5, 0.6) is 0 Å². The van der Waals surface area contributed by atoms with Crippen molar-refractivity contribution in [1.82, 2.24) is 20.9 Å². The van der Waals surface area contributed by atoms with Gasteiger partial charge in [-0.15, -0.1) is 0 Å². The molecular formula is C22H23FN4O5. The van der Waals surface area contributed by atoms with Gasteiger partial charge in [0.25, 0.3) is 5.91 Å². The second kappa shape index (κ2) is 10.3. The number of hydrogen-bond donors (Lipinski definition) is 6. The summed E-state index contributed by atoms with van der Waals surface area (Å²) in [6.45, 7) is 0.230. The number of H-pyrrole nitrogens is 1. The number of aromatic nitrogens is 1. The van der Waals surface area contributed by atoms with Gasteiger partial charge in [-0.25, -0.2) is 14.0 Å². The van der Waals surface area contributed by atoms with Gasteiger partial charge in [0.1, 0.15) is 11.5 Å². The van der Waals surface area contributed by atoms with Gasteiger partial charge < -0.3 is 31.1 Å². The van der Waals surface area contributed by atoms with Gasteiger partial charge in [-0.1, -0.05) is 18.2 Å². The molecule has 0 aliphatic rings. The van der Waals surface area contributed by atoms with E-state index in [1.54, 1.807) is 18.2 Å². The summed E-state index contributed by atoms with van der Waals surface area (Å²) in [4.78, 5) is 37.1. The average Bonchev–Trinajstić information content (AvgIpc) is 3.18. The van der Waals surface area contributed by atoms with Crippen LogP contribution in [-0.2, 0) is 0 Å². The Balaban J connectivity index is 1.63. The number of fused-ring (bicyclic) bond motifs is 1. The number of carbonyl (C=O) groups excluding carboxylic acids is 1. The molecule has 3 rings (SSSR count). The number of amides is 3.